The molecule has 8 heteroatoms. The van der Waals surface area contributed by atoms with E-state index in [1.165, 1.54) is 6.33 Å². The van der Waals surface area contributed by atoms with Gasteiger partial charge in [-0.2, -0.15) is 0 Å². The first-order valence-corrected chi connectivity index (χ1v) is 9.00. The first-order valence-electron chi connectivity index (χ1n) is 8.24. The second-order valence-electron chi connectivity index (χ2n) is 5.90. The molecule has 0 aliphatic heterocycles. The van der Waals surface area contributed by atoms with Gasteiger partial charge in [0.1, 0.15) is 40.9 Å². The Hall–Kier alpha value is -2.54. The van der Waals surface area contributed by atoms with Gasteiger partial charge < -0.3 is 19.6 Å². The largest absolute Gasteiger partial charge is 0.489 e. The van der Waals surface area contributed by atoms with Crippen LogP contribution in [0.1, 0.15) is 0 Å². The number of aliphatic hydroxyl groups excluding tert-OH is 1. The molecule has 2 N–H and O–H groups in total. The number of furan rings is 1. The third-order valence-electron chi connectivity index (χ3n) is 4.01. The van der Waals surface area contributed by atoms with Gasteiger partial charge in [0.15, 0.2) is 11.4 Å². The maximum Gasteiger partial charge on any atom is 0.196 e. The Morgan fingerprint density at radius 2 is 1.96 bits per heavy atom. The van der Waals surface area contributed by atoms with E-state index in [1.54, 1.807) is 18.2 Å². The molecule has 0 saturated carbocycles. The molecule has 138 valence electrons. The van der Waals surface area contributed by atoms with E-state index in [9.17, 15) is 5.11 Å². The molecule has 6 nitrogen and oxygen atoms in total. The number of rotatable bonds is 6. The van der Waals surface area contributed by atoms with Gasteiger partial charge in [0.05, 0.1) is 5.02 Å². The minimum absolute atomic E-state index is 0.0431. The minimum Gasteiger partial charge on any atom is -0.489 e. The van der Waals surface area contributed by atoms with Crippen molar-refractivity contribution in [3.63, 3.8) is 0 Å². The lowest BCUT2D eigenvalue weighted by Gasteiger charge is -2.14. The molecule has 0 aliphatic carbocycles. The lowest BCUT2D eigenvalue weighted by Crippen LogP contribution is -2.26. The van der Waals surface area contributed by atoms with Crippen LogP contribution in [0.3, 0.4) is 0 Å². The van der Waals surface area contributed by atoms with E-state index in [0.29, 0.717) is 27.2 Å². The number of para-hydroxylation sites is 1. The molecule has 2 aromatic heterocycles. The summed E-state index contributed by atoms with van der Waals surface area (Å²) in [6.07, 6.45) is 0.663. The number of fused-ring (bicyclic) bond motifs is 3. The summed E-state index contributed by atoms with van der Waals surface area (Å²) >= 11 is 12.0. The van der Waals surface area contributed by atoms with Crippen LogP contribution in [0.4, 0.5) is 5.82 Å². The van der Waals surface area contributed by atoms with Gasteiger partial charge in [0.2, 0.25) is 0 Å². The third kappa shape index (κ3) is 3.64. The zero-order chi connectivity index (χ0) is 18.8. The lowest BCUT2D eigenvalue weighted by molar-refractivity contribution is 0.117. The SMILES string of the molecule is OC(CNc1ncnc2c1oc1ccccc12)COc1cccc(Cl)c1Cl. The molecule has 2 heterocycles. The molecule has 0 aliphatic rings. The number of hydrogen-bond donors (Lipinski definition) is 2. The Kier molecular flexibility index (Phi) is 5.03. The predicted octanol–water partition coefficient (Wildman–Crippen LogP) is 4.53. The Bertz CT molecular complexity index is 1100. The fraction of sp³-hybridized carbons (Fsp3) is 0.158. The summed E-state index contributed by atoms with van der Waals surface area (Å²) in [7, 11) is 0. The minimum atomic E-state index is -0.797. The average Bonchev–Trinajstić information content (AvgIpc) is 3.07. The molecular formula is C19H15Cl2N3O3. The molecule has 4 rings (SSSR count). The van der Waals surface area contributed by atoms with E-state index >= 15 is 0 Å². The molecule has 0 saturated heterocycles. The van der Waals surface area contributed by atoms with Crippen LogP contribution in [0.15, 0.2) is 53.2 Å². The highest BCUT2D eigenvalue weighted by Crippen LogP contribution is 2.32. The second kappa shape index (κ2) is 7.60. The summed E-state index contributed by atoms with van der Waals surface area (Å²) in [5.41, 5.74) is 2.00. The monoisotopic (exact) mass is 403 g/mol. The molecule has 0 amide bonds. The van der Waals surface area contributed by atoms with Gasteiger partial charge in [-0.25, -0.2) is 9.97 Å². The highest BCUT2D eigenvalue weighted by atomic mass is 35.5. The second-order valence-corrected chi connectivity index (χ2v) is 6.68. The standard InChI is InChI=1S/C19H15Cl2N3O3/c20-13-5-3-7-15(16(13)21)26-9-11(25)8-22-19-18-17(23-10-24-19)12-4-1-2-6-14(12)27-18/h1-7,10-11,25H,8-9H2,(H,22,23,24). The number of anilines is 1. The van der Waals surface area contributed by atoms with Gasteiger partial charge in [0.25, 0.3) is 0 Å². The van der Waals surface area contributed by atoms with E-state index in [-0.39, 0.29) is 13.2 Å². The number of nitrogens with zero attached hydrogens (tertiary/aromatic N) is 2. The quantitative estimate of drug-likeness (QED) is 0.491. The van der Waals surface area contributed by atoms with E-state index < -0.39 is 6.10 Å². The van der Waals surface area contributed by atoms with Crippen molar-refractivity contribution < 1.29 is 14.3 Å². The topological polar surface area (TPSA) is 80.4 Å². The summed E-state index contributed by atoms with van der Waals surface area (Å²) < 4.78 is 11.4. The van der Waals surface area contributed by atoms with Gasteiger partial charge in [-0.1, -0.05) is 41.4 Å². The number of aliphatic hydroxyl groups is 1. The van der Waals surface area contributed by atoms with Crippen molar-refractivity contribution in [2.75, 3.05) is 18.5 Å². The number of ether oxygens (including phenoxy) is 1. The van der Waals surface area contributed by atoms with E-state index in [2.05, 4.69) is 15.3 Å². The molecule has 0 fully saturated rings. The molecule has 4 aromatic rings. The maximum atomic E-state index is 10.2. The van der Waals surface area contributed by atoms with Crippen molar-refractivity contribution in [1.29, 1.82) is 0 Å². The van der Waals surface area contributed by atoms with Gasteiger partial charge in [-0.05, 0) is 24.3 Å². The highest BCUT2D eigenvalue weighted by Gasteiger charge is 2.14. The first kappa shape index (κ1) is 17.9. The van der Waals surface area contributed by atoms with Crippen LogP contribution in [0.5, 0.6) is 5.75 Å². The smallest absolute Gasteiger partial charge is 0.196 e. The Morgan fingerprint density at radius 1 is 1.11 bits per heavy atom. The van der Waals surface area contributed by atoms with Crippen molar-refractivity contribution in [2.45, 2.75) is 6.10 Å². The molecule has 0 spiro atoms. The Balaban J connectivity index is 1.44. The average molecular weight is 404 g/mol. The summed E-state index contributed by atoms with van der Waals surface area (Å²) in [6, 6.07) is 12.7. The summed E-state index contributed by atoms with van der Waals surface area (Å²) in [5.74, 6) is 0.931. The normalized spacial score (nSPS) is 12.4. The van der Waals surface area contributed by atoms with Crippen molar-refractivity contribution >= 4 is 51.1 Å². The summed E-state index contributed by atoms with van der Waals surface area (Å²) in [6.45, 7) is 0.253. The zero-order valence-electron chi connectivity index (χ0n) is 14.0. The van der Waals surface area contributed by atoms with Crippen molar-refractivity contribution in [3.8, 4) is 5.75 Å². The number of hydrogen-bond acceptors (Lipinski definition) is 6. The third-order valence-corrected chi connectivity index (χ3v) is 4.81. The van der Waals surface area contributed by atoms with E-state index in [4.69, 9.17) is 32.4 Å². The number of aromatic nitrogens is 2. The summed E-state index contributed by atoms with van der Waals surface area (Å²) in [4.78, 5) is 8.50. The molecule has 0 radical (unpaired) electrons. The van der Waals surface area contributed by atoms with Gasteiger partial charge in [-0.3, -0.25) is 0 Å². The Morgan fingerprint density at radius 3 is 2.85 bits per heavy atom. The van der Waals surface area contributed by atoms with Gasteiger partial charge in [-0.15, -0.1) is 0 Å². The lowest BCUT2D eigenvalue weighted by atomic mass is 10.2. The molecule has 27 heavy (non-hydrogen) atoms. The fourth-order valence-electron chi connectivity index (χ4n) is 2.70. The van der Waals surface area contributed by atoms with E-state index in [1.807, 2.05) is 24.3 Å². The molecular weight excluding hydrogens is 389 g/mol. The number of halogens is 2. The van der Waals surface area contributed by atoms with Crippen LogP contribution in [0.25, 0.3) is 22.1 Å². The fourth-order valence-corrected chi connectivity index (χ4v) is 3.05. The molecule has 0 bridgehead atoms. The number of nitrogens with one attached hydrogen (secondary N) is 1. The van der Waals surface area contributed by atoms with Crippen LogP contribution in [0.2, 0.25) is 10.0 Å². The molecule has 1 atom stereocenters. The van der Waals surface area contributed by atoms with Crippen LogP contribution in [-0.4, -0.2) is 34.3 Å². The summed E-state index contributed by atoms with van der Waals surface area (Å²) in [5, 5.41) is 14.9. The van der Waals surface area contributed by atoms with Crippen LogP contribution < -0.4 is 10.1 Å². The first-order chi connectivity index (χ1) is 13.1. The van der Waals surface area contributed by atoms with Gasteiger partial charge >= 0.3 is 0 Å². The maximum absolute atomic E-state index is 10.2. The highest BCUT2D eigenvalue weighted by molar-refractivity contribution is 6.42. The Labute approximate surface area is 164 Å². The number of benzene rings is 2. The van der Waals surface area contributed by atoms with E-state index in [0.717, 1.165) is 16.5 Å². The predicted molar refractivity (Wildman–Crippen MR) is 106 cm³/mol. The van der Waals surface area contributed by atoms with Crippen LogP contribution >= 0.6 is 23.2 Å². The van der Waals surface area contributed by atoms with Crippen molar-refractivity contribution in [3.05, 3.63) is 58.8 Å². The van der Waals surface area contributed by atoms with Crippen molar-refractivity contribution in [1.82, 2.24) is 9.97 Å². The zero-order valence-corrected chi connectivity index (χ0v) is 15.5. The van der Waals surface area contributed by atoms with Crippen molar-refractivity contribution in [2.24, 2.45) is 0 Å². The van der Waals surface area contributed by atoms with Crippen LogP contribution in [-0.2, 0) is 0 Å². The molecule has 2 aromatic carbocycles. The van der Waals surface area contributed by atoms with Crippen LogP contribution in [0, 0.1) is 0 Å². The molecule has 1 unspecified atom stereocenters. The van der Waals surface area contributed by atoms with Gasteiger partial charge in [0, 0.05) is 11.9 Å².